The number of hydrogen-bond acceptors (Lipinski definition) is 3. The highest BCUT2D eigenvalue weighted by Crippen LogP contribution is 2.26. The zero-order valence-electron chi connectivity index (χ0n) is 12.5. The molecule has 110 valence electrons. The Morgan fingerprint density at radius 2 is 1.62 bits per heavy atom. The van der Waals surface area contributed by atoms with Crippen molar-refractivity contribution in [1.29, 1.82) is 0 Å². The number of benzene rings is 2. The first kappa shape index (κ1) is 15.2. The summed E-state index contributed by atoms with van der Waals surface area (Å²) in [6, 6.07) is 15.2. The largest absolute Gasteiger partial charge is 0.303 e. The number of hydrogen-bond donors (Lipinski definition) is 1. The van der Waals surface area contributed by atoms with Crippen molar-refractivity contribution < 1.29 is 4.92 Å². The first-order chi connectivity index (χ1) is 9.99. The van der Waals surface area contributed by atoms with Gasteiger partial charge in [0.15, 0.2) is 0 Å². The minimum Gasteiger partial charge on any atom is -0.303 e. The van der Waals surface area contributed by atoms with E-state index in [1.807, 2.05) is 13.0 Å². The van der Waals surface area contributed by atoms with Gasteiger partial charge in [-0.1, -0.05) is 48.0 Å². The maximum atomic E-state index is 11.1. The molecule has 0 aliphatic heterocycles. The molecule has 4 nitrogen and oxygen atoms in total. The van der Waals surface area contributed by atoms with Gasteiger partial charge in [0.1, 0.15) is 0 Å². The lowest BCUT2D eigenvalue weighted by molar-refractivity contribution is -0.385. The normalized spacial score (nSPS) is 13.7. The Bertz CT molecular complexity index is 623. The Balaban J connectivity index is 2.16. The third kappa shape index (κ3) is 3.67. The minimum atomic E-state index is -0.329. The Kier molecular flexibility index (Phi) is 4.70. The summed E-state index contributed by atoms with van der Waals surface area (Å²) in [4.78, 5) is 10.8. The van der Waals surface area contributed by atoms with Crippen LogP contribution in [-0.2, 0) is 0 Å². The third-order valence-corrected chi connectivity index (χ3v) is 3.68. The summed E-state index contributed by atoms with van der Waals surface area (Å²) in [5.74, 6) is 0. The Labute approximate surface area is 125 Å². The van der Waals surface area contributed by atoms with Gasteiger partial charge in [-0.15, -0.1) is 0 Å². The summed E-state index contributed by atoms with van der Waals surface area (Å²) in [6.45, 7) is 6.07. The highest BCUT2D eigenvalue weighted by Gasteiger charge is 2.19. The Hall–Kier alpha value is -2.20. The van der Waals surface area contributed by atoms with Crippen molar-refractivity contribution in [3.63, 3.8) is 0 Å². The van der Waals surface area contributed by atoms with Crippen molar-refractivity contribution in [1.82, 2.24) is 5.32 Å². The molecule has 0 saturated carbocycles. The minimum absolute atomic E-state index is 0.0945. The van der Waals surface area contributed by atoms with E-state index in [4.69, 9.17) is 0 Å². The zero-order chi connectivity index (χ0) is 15.4. The summed E-state index contributed by atoms with van der Waals surface area (Å²) in [7, 11) is 0. The molecule has 0 aromatic heterocycles. The van der Waals surface area contributed by atoms with Crippen molar-refractivity contribution >= 4 is 5.69 Å². The van der Waals surface area contributed by atoms with E-state index in [2.05, 4.69) is 43.4 Å². The van der Waals surface area contributed by atoms with Crippen LogP contribution in [0.5, 0.6) is 0 Å². The first-order valence-corrected chi connectivity index (χ1v) is 7.05. The van der Waals surface area contributed by atoms with Crippen LogP contribution in [0.15, 0.2) is 48.5 Å². The van der Waals surface area contributed by atoms with Gasteiger partial charge in [-0.05, 0) is 26.3 Å². The molecule has 2 rings (SSSR count). The van der Waals surface area contributed by atoms with Crippen LogP contribution < -0.4 is 5.32 Å². The molecule has 0 radical (unpaired) electrons. The molecule has 0 saturated heterocycles. The van der Waals surface area contributed by atoms with E-state index in [9.17, 15) is 10.1 Å². The van der Waals surface area contributed by atoms with Crippen LogP contribution in [0.25, 0.3) is 0 Å². The lowest BCUT2D eigenvalue weighted by atomic mass is 10.0. The van der Waals surface area contributed by atoms with E-state index in [1.54, 1.807) is 18.2 Å². The smallest absolute Gasteiger partial charge is 0.274 e. The molecule has 0 amide bonds. The second-order valence-electron chi connectivity index (χ2n) is 5.34. The number of para-hydroxylation sites is 1. The number of nitrogens with zero attached hydrogens (tertiary/aromatic N) is 1. The summed E-state index contributed by atoms with van der Waals surface area (Å²) < 4.78 is 0. The average Bonchev–Trinajstić information content (AvgIpc) is 2.47. The van der Waals surface area contributed by atoms with E-state index in [-0.39, 0.29) is 22.7 Å². The van der Waals surface area contributed by atoms with Gasteiger partial charge in [-0.25, -0.2) is 0 Å². The second kappa shape index (κ2) is 6.50. The Morgan fingerprint density at radius 3 is 2.24 bits per heavy atom. The van der Waals surface area contributed by atoms with Gasteiger partial charge in [0, 0.05) is 23.7 Å². The lowest BCUT2D eigenvalue weighted by Gasteiger charge is -2.20. The molecular formula is C17H20N2O2. The zero-order valence-corrected chi connectivity index (χ0v) is 12.5. The van der Waals surface area contributed by atoms with Gasteiger partial charge in [-0.2, -0.15) is 0 Å². The fourth-order valence-corrected chi connectivity index (χ4v) is 2.44. The number of nitro groups is 1. The van der Waals surface area contributed by atoms with E-state index in [1.165, 1.54) is 11.1 Å². The van der Waals surface area contributed by atoms with E-state index >= 15 is 0 Å². The van der Waals surface area contributed by atoms with Crippen LogP contribution >= 0.6 is 0 Å². The predicted molar refractivity (Wildman–Crippen MR) is 84.2 cm³/mol. The fourth-order valence-electron chi connectivity index (χ4n) is 2.44. The van der Waals surface area contributed by atoms with Crippen LogP contribution in [0.2, 0.25) is 0 Å². The molecule has 0 bridgehead atoms. The maximum Gasteiger partial charge on any atom is 0.274 e. The SMILES string of the molecule is Cc1ccc([C@@H](C)NC(C)c2ccccc2[N+](=O)[O-])cc1. The molecule has 0 fully saturated rings. The van der Waals surface area contributed by atoms with E-state index < -0.39 is 0 Å². The van der Waals surface area contributed by atoms with Gasteiger partial charge < -0.3 is 5.32 Å². The van der Waals surface area contributed by atoms with Crippen LogP contribution in [-0.4, -0.2) is 4.92 Å². The van der Waals surface area contributed by atoms with Gasteiger partial charge in [-0.3, -0.25) is 10.1 Å². The standard InChI is InChI=1S/C17H20N2O2/c1-12-8-10-15(11-9-12)13(2)18-14(3)16-6-4-5-7-17(16)19(20)21/h4-11,13-14,18H,1-3H3/t13-,14?/m1/s1. The molecule has 0 aliphatic carbocycles. The highest BCUT2D eigenvalue weighted by molar-refractivity contribution is 5.42. The van der Waals surface area contributed by atoms with E-state index in [0.717, 1.165) is 0 Å². The van der Waals surface area contributed by atoms with Gasteiger partial charge in [0.05, 0.1) is 4.92 Å². The summed E-state index contributed by atoms with van der Waals surface area (Å²) in [5.41, 5.74) is 3.26. The molecule has 0 spiro atoms. The predicted octanol–water partition coefficient (Wildman–Crippen LogP) is 4.32. The summed E-state index contributed by atoms with van der Waals surface area (Å²) >= 11 is 0. The number of aryl methyl sites for hydroxylation is 1. The molecule has 2 atom stereocenters. The number of rotatable bonds is 5. The highest BCUT2D eigenvalue weighted by atomic mass is 16.6. The Morgan fingerprint density at radius 1 is 1.00 bits per heavy atom. The second-order valence-corrected chi connectivity index (χ2v) is 5.34. The quantitative estimate of drug-likeness (QED) is 0.657. The average molecular weight is 284 g/mol. The first-order valence-electron chi connectivity index (χ1n) is 7.05. The monoisotopic (exact) mass is 284 g/mol. The van der Waals surface area contributed by atoms with Gasteiger partial charge >= 0.3 is 0 Å². The molecule has 1 unspecified atom stereocenters. The number of nitro benzene ring substituents is 1. The molecule has 2 aromatic carbocycles. The van der Waals surface area contributed by atoms with Crippen LogP contribution in [0.1, 0.15) is 42.6 Å². The summed E-state index contributed by atoms with van der Waals surface area (Å²) in [5, 5.41) is 14.5. The number of nitrogens with one attached hydrogen (secondary N) is 1. The van der Waals surface area contributed by atoms with Crippen LogP contribution in [0, 0.1) is 17.0 Å². The van der Waals surface area contributed by atoms with Crippen molar-refractivity contribution in [3.05, 3.63) is 75.3 Å². The molecule has 0 aliphatic rings. The molecular weight excluding hydrogens is 264 g/mol. The van der Waals surface area contributed by atoms with Gasteiger partial charge in [0.25, 0.3) is 5.69 Å². The molecule has 2 aromatic rings. The van der Waals surface area contributed by atoms with Crippen molar-refractivity contribution in [2.75, 3.05) is 0 Å². The van der Waals surface area contributed by atoms with Gasteiger partial charge in [0.2, 0.25) is 0 Å². The lowest BCUT2D eigenvalue weighted by Crippen LogP contribution is -2.23. The molecule has 4 heteroatoms. The van der Waals surface area contributed by atoms with Crippen LogP contribution in [0.3, 0.4) is 0 Å². The van der Waals surface area contributed by atoms with Crippen molar-refractivity contribution in [3.8, 4) is 0 Å². The van der Waals surface area contributed by atoms with E-state index in [0.29, 0.717) is 5.56 Å². The summed E-state index contributed by atoms with van der Waals surface area (Å²) in [6.07, 6.45) is 0. The fraction of sp³-hybridized carbons (Fsp3) is 0.294. The van der Waals surface area contributed by atoms with Crippen molar-refractivity contribution in [2.24, 2.45) is 0 Å². The molecule has 1 N–H and O–H groups in total. The molecule has 0 heterocycles. The van der Waals surface area contributed by atoms with Crippen LogP contribution in [0.4, 0.5) is 5.69 Å². The van der Waals surface area contributed by atoms with Crippen molar-refractivity contribution in [2.45, 2.75) is 32.9 Å². The molecule has 21 heavy (non-hydrogen) atoms. The topological polar surface area (TPSA) is 55.2 Å². The maximum absolute atomic E-state index is 11.1. The third-order valence-electron chi connectivity index (χ3n) is 3.68.